The second kappa shape index (κ2) is 8.34. The van der Waals surface area contributed by atoms with E-state index in [2.05, 4.69) is 53.2 Å². The summed E-state index contributed by atoms with van der Waals surface area (Å²) in [6.07, 6.45) is 9.94. The number of aromatic nitrogens is 2. The van der Waals surface area contributed by atoms with Crippen molar-refractivity contribution in [2.24, 2.45) is 0 Å². The van der Waals surface area contributed by atoms with E-state index in [1.807, 2.05) is 25.1 Å². The van der Waals surface area contributed by atoms with E-state index in [9.17, 15) is 0 Å². The van der Waals surface area contributed by atoms with Gasteiger partial charge in [-0.3, -0.25) is 0 Å². The molecule has 1 aliphatic heterocycles. The van der Waals surface area contributed by atoms with Crippen LogP contribution in [0, 0.1) is 44.4 Å². The molecule has 0 saturated carbocycles. The van der Waals surface area contributed by atoms with Crippen LogP contribution in [-0.2, 0) is 6.42 Å². The summed E-state index contributed by atoms with van der Waals surface area (Å²) in [7, 11) is 0. The van der Waals surface area contributed by atoms with Gasteiger partial charge in [-0.1, -0.05) is 5.92 Å². The van der Waals surface area contributed by atoms with Gasteiger partial charge in [-0.25, -0.2) is 4.98 Å². The maximum atomic E-state index is 8.99. The van der Waals surface area contributed by atoms with Crippen molar-refractivity contribution in [1.82, 2.24) is 9.97 Å². The fraction of sp³-hybridized carbons (Fsp3) is 0.192. The lowest BCUT2D eigenvalue weighted by atomic mass is 10.0. The molecule has 0 saturated heterocycles. The Morgan fingerprint density at radius 3 is 2.45 bits per heavy atom. The SMILES string of the molecule is C#C/C=C/c1cc(C)c(N2CCc3c(C)nc(Nc4ccc(C#N)cc4)nc32)c(C)c1. The standard InChI is InChI=1S/C26H23N5/c1-5-6-7-21-14-17(2)24(18(3)15-21)31-13-12-23-19(4)28-26(30-25(23)31)29-22-10-8-20(16-27)9-11-22/h1,6-11,14-15H,12-13H2,2-4H3,(H,28,29,30)/b7-6+. The second-order valence-corrected chi connectivity index (χ2v) is 7.65. The normalized spacial score (nSPS) is 12.5. The molecule has 0 atom stereocenters. The number of terminal acetylenes is 1. The molecule has 0 amide bonds. The Kier molecular flexibility index (Phi) is 5.43. The fourth-order valence-electron chi connectivity index (χ4n) is 4.11. The summed E-state index contributed by atoms with van der Waals surface area (Å²) >= 11 is 0. The highest BCUT2D eigenvalue weighted by Crippen LogP contribution is 2.39. The van der Waals surface area contributed by atoms with Gasteiger partial charge in [0.1, 0.15) is 5.82 Å². The highest BCUT2D eigenvalue weighted by molar-refractivity contribution is 5.75. The number of hydrogen-bond donors (Lipinski definition) is 1. The van der Waals surface area contributed by atoms with E-state index < -0.39 is 0 Å². The Morgan fingerprint density at radius 2 is 1.81 bits per heavy atom. The van der Waals surface area contributed by atoms with Crippen LogP contribution in [0.1, 0.15) is 33.5 Å². The van der Waals surface area contributed by atoms with E-state index in [0.717, 1.165) is 35.7 Å². The first-order chi connectivity index (χ1) is 15.0. The molecule has 0 spiro atoms. The monoisotopic (exact) mass is 405 g/mol. The fourth-order valence-corrected chi connectivity index (χ4v) is 4.11. The Morgan fingerprint density at radius 1 is 1.10 bits per heavy atom. The molecule has 152 valence electrons. The molecule has 0 aliphatic carbocycles. The average Bonchev–Trinajstić information content (AvgIpc) is 3.16. The number of fused-ring (bicyclic) bond motifs is 1. The smallest absolute Gasteiger partial charge is 0.229 e. The van der Waals surface area contributed by atoms with Gasteiger partial charge in [0.25, 0.3) is 0 Å². The number of aryl methyl sites for hydroxylation is 3. The van der Waals surface area contributed by atoms with E-state index >= 15 is 0 Å². The lowest BCUT2D eigenvalue weighted by Crippen LogP contribution is -2.17. The zero-order valence-electron chi connectivity index (χ0n) is 17.9. The highest BCUT2D eigenvalue weighted by atomic mass is 15.3. The lowest BCUT2D eigenvalue weighted by molar-refractivity contribution is 0.975. The molecular formula is C26H23N5. The van der Waals surface area contributed by atoms with Crippen LogP contribution in [0.2, 0.25) is 0 Å². The largest absolute Gasteiger partial charge is 0.325 e. The Balaban J connectivity index is 1.70. The molecule has 0 unspecified atom stereocenters. The Bertz CT molecular complexity index is 1230. The van der Waals surface area contributed by atoms with Crippen molar-refractivity contribution >= 4 is 29.2 Å². The van der Waals surface area contributed by atoms with Gasteiger partial charge in [0.15, 0.2) is 0 Å². The molecule has 0 fully saturated rings. The molecule has 1 aliphatic rings. The van der Waals surface area contributed by atoms with Crippen LogP contribution in [0.25, 0.3) is 6.08 Å². The number of hydrogen-bond acceptors (Lipinski definition) is 5. The summed E-state index contributed by atoms with van der Waals surface area (Å²) in [6.45, 7) is 7.14. The van der Waals surface area contributed by atoms with Crippen LogP contribution in [-0.4, -0.2) is 16.5 Å². The molecule has 2 aromatic carbocycles. The van der Waals surface area contributed by atoms with Crippen LogP contribution < -0.4 is 10.2 Å². The minimum absolute atomic E-state index is 0.553. The van der Waals surface area contributed by atoms with Crippen LogP contribution in [0.15, 0.2) is 42.5 Å². The summed E-state index contributed by atoms with van der Waals surface area (Å²) in [5, 5.41) is 12.3. The molecule has 31 heavy (non-hydrogen) atoms. The molecule has 0 radical (unpaired) electrons. The van der Waals surface area contributed by atoms with Crippen LogP contribution in [0.3, 0.4) is 0 Å². The van der Waals surface area contributed by atoms with Crippen molar-refractivity contribution in [2.45, 2.75) is 27.2 Å². The van der Waals surface area contributed by atoms with Gasteiger partial charge in [-0.05, 0) is 92.4 Å². The van der Waals surface area contributed by atoms with Gasteiger partial charge in [-0.15, -0.1) is 6.42 Å². The zero-order chi connectivity index (χ0) is 22.0. The van der Waals surface area contributed by atoms with Gasteiger partial charge in [0.2, 0.25) is 5.95 Å². The van der Waals surface area contributed by atoms with Crippen LogP contribution >= 0.6 is 0 Å². The molecule has 1 aromatic heterocycles. The molecule has 0 bridgehead atoms. The Hall–Kier alpha value is -4.09. The molecule has 4 rings (SSSR count). The van der Waals surface area contributed by atoms with Gasteiger partial charge in [0, 0.05) is 29.2 Å². The maximum absolute atomic E-state index is 8.99. The van der Waals surface area contributed by atoms with Gasteiger partial charge in [-0.2, -0.15) is 10.2 Å². The summed E-state index contributed by atoms with van der Waals surface area (Å²) in [5.74, 6) is 4.04. The van der Waals surface area contributed by atoms with Crippen molar-refractivity contribution < 1.29 is 0 Å². The first kappa shape index (κ1) is 20.2. The summed E-state index contributed by atoms with van der Waals surface area (Å²) in [6, 6.07) is 13.7. The third-order valence-electron chi connectivity index (χ3n) is 5.46. The molecule has 3 aromatic rings. The molecular weight excluding hydrogens is 382 g/mol. The predicted octanol–water partition coefficient (Wildman–Crippen LogP) is 5.36. The first-order valence-corrected chi connectivity index (χ1v) is 10.2. The topological polar surface area (TPSA) is 64.8 Å². The second-order valence-electron chi connectivity index (χ2n) is 7.65. The number of nitrogens with zero attached hydrogens (tertiary/aromatic N) is 4. The average molecular weight is 406 g/mol. The number of allylic oxidation sites excluding steroid dienone is 1. The van der Waals surface area contributed by atoms with Gasteiger partial charge >= 0.3 is 0 Å². The number of benzene rings is 2. The van der Waals surface area contributed by atoms with Crippen molar-refractivity contribution in [1.29, 1.82) is 5.26 Å². The van der Waals surface area contributed by atoms with Crippen molar-refractivity contribution in [3.05, 3.63) is 76.0 Å². The molecule has 5 heteroatoms. The molecule has 2 heterocycles. The number of nitrogens with one attached hydrogen (secondary N) is 1. The molecule has 5 nitrogen and oxygen atoms in total. The lowest BCUT2D eigenvalue weighted by Gasteiger charge is -2.24. The van der Waals surface area contributed by atoms with Crippen molar-refractivity contribution in [2.75, 3.05) is 16.8 Å². The van der Waals surface area contributed by atoms with E-state index in [-0.39, 0.29) is 0 Å². The summed E-state index contributed by atoms with van der Waals surface area (Å²) in [4.78, 5) is 11.8. The minimum Gasteiger partial charge on any atom is -0.325 e. The number of rotatable bonds is 4. The van der Waals surface area contributed by atoms with E-state index in [0.29, 0.717) is 11.5 Å². The zero-order valence-corrected chi connectivity index (χ0v) is 17.9. The quantitative estimate of drug-likeness (QED) is 0.592. The maximum Gasteiger partial charge on any atom is 0.229 e. The van der Waals surface area contributed by atoms with E-state index in [1.54, 1.807) is 18.2 Å². The third kappa shape index (κ3) is 3.99. The minimum atomic E-state index is 0.553. The van der Waals surface area contributed by atoms with Gasteiger partial charge in [0.05, 0.1) is 11.6 Å². The van der Waals surface area contributed by atoms with E-state index in [1.165, 1.54) is 22.4 Å². The van der Waals surface area contributed by atoms with Crippen molar-refractivity contribution in [3.63, 3.8) is 0 Å². The van der Waals surface area contributed by atoms with E-state index in [4.69, 9.17) is 16.7 Å². The molecule has 1 N–H and O–H groups in total. The van der Waals surface area contributed by atoms with Crippen molar-refractivity contribution in [3.8, 4) is 18.4 Å². The predicted molar refractivity (Wildman–Crippen MR) is 126 cm³/mol. The third-order valence-corrected chi connectivity index (χ3v) is 5.46. The van der Waals surface area contributed by atoms with Crippen LogP contribution in [0.5, 0.6) is 0 Å². The summed E-state index contributed by atoms with van der Waals surface area (Å²) < 4.78 is 0. The highest BCUT2D eigenvalue weighted by Gasteiger charge is 2.27. The summed E-state index contributed by atoms with van der Waals surface area (Å²) in [5.41, 5.74) is 8.27. The van der Waals surface area contributed by atoms with Gasteiger partial charge < -0.3 is 10.2 Å². The first-order valence-electron chi connectivity index (χ1n) is 10.2. The number of anilines is 4. The number of nitriles is 1. The van der Waals surface area contributed by atoms with Crippen LogP contribution in [0.4, 0.5) is 23.1 Å². The Labute approximate surface area is 183 Å².